The minimum absolute atomic E-state index is 0.176. The maximum atomic E-state index is 11.0. The third-order valence-electron chi connectivity index (χ3n) is 1.21. The molecule has 1 unspecified atom stereocenters. The monoisotopic (exact) mass is 225 g/mol. The van der Waals surface area contributed by atoms with E-state index in [4.69, 9.17) is 28.9 Å². The molecule has 0 aliphatic carbocycles. The summed E-state index contributed by atoms with van der Waals surface area (Å²) in [6.07, 6.45) is 0. The van der Waals surface area contributed by atoms with Gasteiger partial charge in [0.2, 0.25) is 11.4 Å². The van der Waals surface area contributed by atoms with Crippen molar-refractivity contribution in [3.63, 3.8) is 0 Å². The molecule has 1 N–H and O–H groups in total. The number of carbonyl (C=O) groups is 2. The molecule has 12 heavy (non-hydrogen) atoms. The van der Waals surface area contributed by atoms with Crippen molar-refractivity contribution in [2.24, 2.45) is 0 Å². The summed E-state index contributed by atoms with van der Waals surface area (Å²) in [5.74, 6) is -1.45. The van der Waals surface area contributed by atoms with E-state index >= 15 is 0 Å². The van der Waals surface area contributed by atoms with Crippen LogP contribution < -0.4 is 0 Å². The van der Waals surface area contributed by atoms with E-state index < -0.39 is 11.5 Å². The fourth-order valence-corrected chi connectivity index (χ4v) is 2.13. The number of hydrogen-bond acceptors (Lipinski definition) is 4. The van der Waals surface area contributed by atoms with E-state index in [0.29, 0.717) is 0 Å². The molecule has 7 heteroatoms. The maximum Gasteiger partial charge on any atom is 0.342 e. The molecule has 4 nitrogen and oxygen atoms in total. The van der Waals surface area contributed by atoms with Crippen LogP contribution in [0.1, 0.15) is 0 Å². The van der Waals surface area contributed by atoms with Gasteiger partial charge in [0.05, 0.1) is 5.75 Å². The molecular weight excluding hydrogens is 222 g/mol. The minimum atomic E-state index is -1.38. The highest BCUT2D eigenvalue weighted by Gasteiger charge is 2.35. The number of thioether (sulfide) groups is 1. The summed E-state index contributed by atoms with van der Waals surface area (Å²) in [5, 5.41) is 8.48. The molecule has 1 aliphatic heterocycles. The number of thiocarbonyl (C=S) groups is 1. The second-order valence-electron chi connectivity index (χ2n) is 1.99. The largest absolute Gasteiger partial charge is 0.479 e. The highest BCUT2D eigenvalue weighted by atomic mass is 35.5. The number of halogens is 1. The van der Waals surface area contributed by atoms with Gasteiger partial charge < -0.3 is 5.11 Å². The van der Waals surface area contributed by atoms with Crippen LogP contribution in [0.15, 0.2) is 0 Å². The Morgan fingerprint density at radius 3 is 2.75 bits per heavy atom. The number of amides is 1. The van der Waals surface area contributed by atoms with Crippen LogP contribution in [0.2, 0.25) is 0 Å². The number of alkyl halides is 1. The van der Waals surface area contributed by atoms with Crippen molar-refractivity contribution in [3.05, 3.63) is 0 Å². The van der Waals surface area contributed by atoms with Crippen LogP contribution in [-0.4, -0.2) is 37.5 Å². The standard InChI is InChI=1S/C5H4ClNO3S2/c6-3(4(9)10)7-2(8)1-12-5(7)11/h3H,1H2,(H,9,10). The summed E-state index contributed by atoms with van der Waals surface area (Å²) in [6, 6.07) is 0. The topological polar surface area (TPSA) is 57.6 Å². The number of aliphatic carboxylic acids is 1. The molecule has 1 amide bonds. The molecule has 1 aliphatic rings. The predicted octanol–water partition coefficient (Wildman–Crippen LogP) is 0.496. The average Bonchev–Trinajstić information content (AvgIpc) is 2.30. The molecule has 1 heterocycles. The van der Waals surface area contributed by atoms with Gasteiger partial charge >= 0.3 is 5.97 Å². The molecule has 1 fully saturated rings. The lowest BCUT2D eigenvalue weighted by molar-refractivity contribution is -0.142. The Morgan fingerprint density at radius 1 is 1.83 bits per heavy atom. The van der Waals surface area contributed by atoms with Gasteiger partial charge in [0.1, 0.15) is 4.32 Å². The molecule has 1 saturated heterocycles. The second kappa shape index (κ2) is 3.59. The fourth-order valence-electron chi connectivity index (χ4n) is 0.694. The van der Waals surface area contributed by atoms with Crippen molar-refractivity contribution in [3.8, 4) is 0 Å². The fraction of sp³-hybridized carbons (Fsp3) is 0.400. The predicted molar refractivity (Wildman–Crippen MR) is 49.2 cm³/mol. The molecule has 1 rings (SSSR count). The second-order valence-corrected chi connectivity index (χ2v) is 4.01. The molecular formula is C5H4ClNO3S2. The van der Waals surface area contributed by atoms with Gasteiger partial charge in [-0.2, -0.15) is 0 Å². The lowest BCUT2D eigenvalue weighted by Crippen LogP contribution is -2.40. The van der Waals surface area contributed by atoms with Crippen molar-refractivity contribution in [1.82, 2.24) is 4.90 Å². The van der Waals surface area contributed by atoms with Crippen molar-refractivity contribution in [2.45, 2.75) is 5.50 Å². The maximum absolute atomic E-state index is 11.0. The molecule has 0 aromatic heterocycles. The van der Waals surface area contributed by atoms with Crippen molar-refractivity contribution in [1.29, 1.82) is 0 Å². The lowest BCUT2D eigenvalue weighted by atomic mass is 10.5. The van der Waals surface area contributed by atoms with E-state index in [0.717, 1.165) is 16.7 Å². The van der Waals surface area contributed by atoms with Gasteiger partial charge in [0, 0.05) is 0 Å². The first-order valence-corrected chi connectivity index (χ1v) is 4.72. The van der Waals surface area contributed by atoms with E-state index in [2.05, 4.69) is 0 Å². The first-order valence-electron chi connectivity index (χ1n) is 2.89. The Hall–Kier alpha value is -0.330. The Bertz CT molecular complexity index is 241. The Morgan fingerprint density at radius 2 is 2.42 bits per heavy atom. The first-order chi connectivity index (χ1) is 5.54. The summed E-state index contributed by atoms with van der Waals surface area (Å²) in [6.45, 7) is 0. The van der Waals surface area contributed by atoms with Crippen LogP contribution >= 0.6 is 35.6 Å². The van der Waals surface area contributed by atoms with E-state index in [-0.39, 0.29) is 16.0 Å². The van der Waals surface area contributed by atoms with Crippen LogP contribution in [0, 0.1) is 0 Å². The van der Waals surface area contributed by atoms with Crippen LogP contribution in [0.4, 0.5) is 0 Å². The number of carbonyl (C=O) groups excluding carboxylic acids is 1. The van der Waals surface area contributed by atoms with Crippen molar-refractivity contribution >= 4 is 51.8 Å². The van der Waals surface area contributed by atoms with Crippen LogP contribution in [-0.2, 0) is 9.59 Å². The van der Waals surface area contributed by atoms with Gasteiger partial charge in [0.15, 0.2) is 0 Å². The van der Waals surface area contributed by atoms with E-state index in [9.17, 15) is 9.59 Å². The molecule has 66 valence electrons. The first kappa shape index (κ1) is 9.76. The molecule has 0 aromatic rings. The smallest absolute Gasteiger partial charge is 0.342 e. The van der Waals surface area contributed by atoms with Gasteiger partial charge in [0.25, 0.3) is 0 Å². The van der Waals surface area contributed by atoms with Gasteiger partial charge in [-0.15, -0.1) is 0 Å². The van der Waals surface area contributed by atoms with Gasteiger partial charge in [-0.25, -0.2) is 4.79 Å². The summed E-state index contributed by atoms with van der Waals surface area (Å²) in [7, 11) is 0. The number of hydrogen-bond donors (Lipinski definition) is 1. The normalized spacial score (nSPS) is 19.9. The molecule has 0 bridgehead atoms. The zero-order chi connectivity index (χ0) is 9.30. The number of carboxylic acids is 1. The van der Waals surface area contributed by atoms with E-state index in [1.807, 2.05) is 0 Å². The zero-order valence-electron chi connectivity index (χ0n) is 5.69. The van der Waals surface area contributed by atoms with Crippen LogP contribution in [0.5, 0.6) is 0 Å². The molecule has 0 spiro atoms. The average molecular weight is 226 g/mol. The SMILES string of the molecule is O=C(O)C(Cl)N1C(=O)CSC1=S. The summed E-state index contributed by atoms with van der Waals surface area (Å²) < 4.78 is 0.224. The summed E-state index contributed by atoms with van der Waals surface area (Å²) >= 11 is 11.3. The molecule has 0 radical (unpaired) electrons. The van der Waals surface area contributed by atoms with Gasteiger partial charge in [-0.3, -0.25) is 9.69 Å². The molecule has 0 aromatic carbocycles. The third kappa shape index (κ3) is 1.70. The Kier molecular flexibility index (Phi) is 2.92. The molecule has 0 saturated carbocycles. The number of carboxylic acid groups (broad SMARTS) is 1. The van der Waals surface area contributed by atoms with Crippen LogP contribution in [0.3, 0.4) is 0 Å². The van der Waals surface area contributed by atoms with Gasteiger partial charge in [-0.1, -0.05) is 35.6 Å². The Labute approximate surface area is 82.9 Å². The van der Waals surface area contributed by atoms with Crippen LogP contribution in [0.25, 0.3) is 0 Å². The highest BCUT2D eigenvalue weighted by molar-refractivity contribution is 8.24. The van der Waals surface area contributed by atoms with Gasteiger partial charge in [-0.05, 0) is 0 Å². The van der Waals surface area contributed by atoms with Crippen molar-refractivity contribution < 1.29 is 14.7 Å². The lowest BCUT2D eigenvalue weighted by Gasteiger charge is -2.16. The number of nitrogens with zero attached hydrogens (tertiary/aromatic N) is 1. The Balaban J connectivity index is 2.79. The van der Waals surface area contributed by atoms with Crippen molar-refractivity contribution in [2.75, 3.05) is 5.75 Å². The minimum Gasteiger partial charge on any atom is -0.479 e. The zero-order valence-corrected chi connectivity index (χ0v) is 8.08. The quantitative estimate of drug-likeness (QED) is 0.421. The third-order valence-corrected chi connectivity index (χ3v) is 2.98. The highest BCUT2D eigenvalue weighted by Crippen LogP contribution is 2.23. The van der Waals surface area contributed by atoms with E-state index in [1.165, 1.54) is 0 Å². The number of rotatable bonds is 2. The molecule has 1 atom stereocenters. The summed E-state index contributed by atoms with van der Waals surface area (Å²) in [5.41, 5.74) is -1.38. The summed E-state index contributed by atoms with van der Waals surface area (Å²) in [4.78, 5) is 22.3. The van der Waals surface area contributed by atoms with E-state index in [1.54, 1.807) is 0 Å².